The Morgan fingerprint density at radius 3 is 2.44 bits per heavy atom. The molecule has 2 aromatic heterocycles. The van der Waals surface area contributed by atoms with E-state index in [2.05, 4.69) is 31.5 Å². The number of rotatable bonds is 2. The standard InChI is InChI=1S/C16H9F3N4O2/c17-16(18,19)12-6-4-11(5-7-12)3-1-10-23-14(22-25-15(23)24)13-20-8-2-9-21-13/h2,4-9H,10H2. The van der Waals surface area contributed by atoms with Crippen LogP contribution in [0.15, 0.2) is 52.0 Å². The van der Waals surface area contributed by atoms with E-state index in [1.165, 1.54) is 24.5 Å². The van der Waals surface area contributed by atoms with E-state index >= 15 is 0 Å². The second-order valence-electron chi connectivity index (χ2n) is 4.81. The summed E-state index contributed by atoms with van der Waals surface area (Å²) in [6.07, 6.45) is -1.42. The molecule has 2 heterocycles. The zero-order valence-electron chi connectivity index (χ0n) is 12.5. The maximum atomic E-state index is 12.5. The van der Waals surface area contributed by atoms with E-state index in [9.17, 15) is 18.0 Å². The predicted octanol–water partition coefficient (Wildman–Crippen LogP) is 2.36. The first-order valence-electron chi connectivity index (χ1n) is 6.95. The number of hydrogen-bond donors (Lipinski definition) is 0. The molecular formula is C16H9F3N4O2. The zero-order chi connectivity index (χ0) is 17.9. The van der Waals surface area contributed by atoms with Gasteiger partial charge in [0, 0.05) is 18.0 Å². The van der Waals surface area contributed by atoms with Gasteiger partial charge >= 0.3 is 11.9 Å². The van der Waals surface area contributed by atoms with E-state index in [0.29, 0.717) is 5.56 Å². The maximum Gasteiger partial charge on any atom is 0.442 e. The van der Waals surface area contributed by atoms with E-state index < -0.39 is 17.5 Å². The van der Waals surface area contributed by atoms with E-state index in [0.717, 1.165) is 16.7 Å². The largest absolute Gasteiger partial charge is 0.442 e. The summed E-state index contributed by atoms with van der Waals surface area (Å²) >= 11 is 0. The van der Waals surface area contributed by atoms with Crippen LogP contribution in [0.3, 0.4) is 0 Å². The maximum absolute atomic E-state index is 12.5. The van der Waals surface area contributed by atoms with Crippen LogP contribution in [0, 0.1) is 11.8 Å². The van der Waals surface area contributed by atoms with Crippen molar-refractivity contribution in [3.05, 3.63) is 64.4 Å². The summed E-state index contributed by atoms with van der Waals surface area (Å²) in [5, 5.41) is 3.61. The molecule has 0 aliphatic carbocycles. The third-order valence-electron chi connectivity index (χ3n) is 3.13. The minimum atomic E-state index is -4.40. The molecule has 1 aromatic carbocycles. The molecule has 0 atom stereocenters. The van der Waals surface area contributed by atoms with Gasteiger partial charge in [-0.3, -0.25) is 4.52 Å². The number of hydrogen-bond acceptors (Lipinski definition) is 5. The molecule has 0 bridgehead atoms. The second-order valence-corrected chi connectivity index (χ2v) is 4.81. The van der Waals surface area contributed by atoms with Crippen molar-refractivity contribution in [3.63, 3.8) is 0 Å². The highest BCUT2D eigenvalue weighted by atomic mass is 19.4. The van der Waals surface area contributed by atoms with Gasteiger partial charge in [0.25, 0.3) is 0 Å². The van der Waals surface area contributed by atoms with Crippen LogP contribution in [0.25, 0.3) is 11.6 Å². The van der Waals surface area contributed by atoms with Crippen LogP contribution in [0.4, 0.5) is 13.2 Å². The van der Waals surface area contributed by atoms with E-state index in [1.54, 1.807) is 6.07 Å². The summed E-state index contributed by atoms with van der Waals surface area (Å²) in [5.41, 5.74) is -0.369. The Kier molecular flexibility index (Phi) is 4.35. The van der Waals surface area contributed by atoms with Gasteiger partial charge in [-0.2, -0.15) is 13.2 Å². The number of nitrogens with zero attached hydrogens (tertiary/aromatic N) is 4. The van der Waals surface area contributed by atoms with Crippen LogP contribution in [-0.4, -0.2) is 19.7 Å². The number of alkyl halides is 3. The minimum Gasteiger partial charge on any atom is -0.295 e. The summed E-state index contributed by atoms with van der Waals surface area (Å²) in [6, 6.07) is 6.01. The average Bonchev–Trinajstić information content (AvgIpc) is 2.96. The molecule has 0 aliphatic heterocycles. The Morgan fingerprint density at radius 2 is 1.80 bits per heavy atom. The predicted molar refractivity (Wildman–Crippen MR) is 80.1 cm³/mol. The molecule has 9 heteroatoms. The molecule has 126 valence electrons. The lowest BCUT2D eigenvalue weighted by molar-refractivity contribution is -0.137. The highest BCUT2D eigenvalue weighted by molar-refractivity contribution is 5.42. The first-order chi connectivity index (χ1) is 11.9. The van der Waals surface area contributed by atoms with Gasteiger partial charge < -0.3 is 0 Å². The molecular weight excluding hydrogens is 337 g/mol. The van der Waals surface area contributed by atoms with Crippen molar-refractivity contribution >= 4 is 0 Å². The fourth-order valence-corrected chi connectivity index (χ4v) is 1.95. The lowest BCUT2D eigenvalue weighted by Crippen LogP contribution is -2.15. The molecule has 0 unspecified atom stereocenters. The van der Waals surface area contributed by atoms with Gasteiger partial charge in [0.2, 0.25) is 5.82 Å². The third kappa shape index (κ3) is 3.74. The monoisotopic (exact) mass is 346 g/mol. The summed E-state index contributed by atoms with van der Waals surface area (Å²) in [4.78, 5) is 19.6. The van der Waals surface area contributed by atoms with Crippen LogP contribution < -0.4 is 5.76 Å². The second kappa shape index (κ2) is 6.60. The zero-order valence-corrected chi connectivity index (χ0v) is 12.5. The van der Waals surface area contributed by atoms with Crippen molar-refractivity contribution in [2.75, 3.05) is 0 Å². The van der Waals surface area contributed by atoms with E-state index in [1.807, 2.05) is 0 Å². The van der Waals surface area contributed by atoms with Crippen molar-refractivity contribution in [3.8, 4) is 23.5 Å². The summed E-state index contributed by atoms with van der Waals surface area (Å²) < 4.78 is 43.2. The normalized spacial score (nSPS) is 11.0. The lowest BCUT2D eigenvalue weighted by atomic mass is 10.1. The van der Waals surface area contributed by atoms with Gasteiger partial charge in [-0.25, -0.2) is 19.3 Å². The Labute approximate surface area is 138 Å². The van der Waals surface area contributed by atoms with Crippen molar-refractivity contribution in [1.29, 1.82) is 0 Å². The molecule has 0 fully saturated rings. The molecule has 0 radical (unpaired) electrons. The quantitative estimate of drug-likeness (QED) is 0.666. The molecule has 0 spiro atoms. The van der Waals surface area contributed by atoms with Gasteiger partial charge in [0.05, 0.1) is 12.1 Å². The van der Waals surface area contributed by atoms with Crippen LogP contribution in [0.5, 0.6) is 0 Å². The van der Waals surface area contributed by atoms with E-state index in [4.69, 9.17) is 0 Å². The average molecular weight is 346 g/mol. The third-order valence-corrected chi connectivity index (χ3v) is 3.13. The van der Waals surface area contributed by atoms with Crippen LogP contribution in [-0.2, 0) is 12.7 Å². The van der Waals surface area contributed by atoms with Crippen molar-refractivity contribution in [2.24, 2.45) is 0 Å². The van der Waals surface area contributed by atoms with Gasteiger partial charge in [-0.1, -0.05) is 17.0 Å². The van der Waals surface area contributed by atoms with Crippen LogP contribution in [0.1, 0.15) is 11.1 Å². The van der Waals surface area contributed by atoms with Crippen molar-refractivity contribution in [1.82, 2.24) is 19.7 Å². The van der Waals surface area contributed by atoms with Gasteiger partial charge in [0.15, 0.2) is 5.82 Å². The SMILES string of the molecule is O=c1onc(-c2ncccn2)n1CC#Cc1ccc(C(F)(F)F)cc1. The topological polar surface area (TPSA) is 73.8 Å². The first-order valence-corrected chi connectivity index (χ1v) is 6.95. The highest BCUT2D eigenvalue weighted by Crippen LogP contribution is 2.28. The Morgan fingerprint density at radius 1 is 1.12 bits per heavy atom. The van der Waals surface area contributed by atoms with Crippen LogP contribution >= 0.6 is 0 Å². The molecule has 25 heavy (non-hydrogen) atoms. The summed E-state index contributed by atoms with van der Waals surface area (Å²) in [6.45, 7) is -0.0725. The molecule has 0 amide bonds. The van der Waals surface area contributed by atoms with Crippen molar-refractivity contribution < 1.29 is 17.7 Å². The number of halogens is 3. The molecule has 0 saturated heterocycles. The highest BCUT2D eigenvalue weighted by Gasteiger charge is 2.29. The van der Waals surface area contributed by atoms with Gasteiger partial charge in [0.1, 0.15) is 0 Å². The van der Waals surface area contributed by atoms with Crippen LogP contribution in [0.2, 0.25) is 0 Å². The molecule has 6 nitrogen and oxygen atoms in total. The van der Waals surface area contributed by atoms with Gasteiger partial charge in [-0.15, -0.1) is 0 Å². The Bertz CT molecular complexity index is 980. The molecule has 3 aromatic rings. The number of benzene rings is 1. The first kappa shape index (κ1) is 16.4. The Balaban J connectivity index is 1.81. The fraction of sp³-hybridized carbons (Fsp3) is 0.125. The minimum absolute atomic E-state index is 0.0725. The fourth-order valence-electron chi connectivity index (χ4n) is 1.95. The number of aromatic nitrogens is 4. The smallest absolute Gasteiger partial charge is 0.295 e. The molecule has 0 N–H and O–H groups in total. The summed E-state index contributed by atoms with van der Waals surface area (Å²) in [5.74, 6) is 4.95. The van der Waals surface area contributed by atoms with Gasteiger partial charge in [-0.05, 0) is 30.3 Å². The Hall–Kier alpha value is -3.41. The lowest BCUT2D eigenvalue weighted by Gasteiger charge is -2.05. The summed E-state index contributed by atoms with van der Waals surface area (Å²) in [7, 11) is 0. The van der Waals surface area contributed by atoms with E-state index in [-0.39, 0.29) is 18.2 Å². The van der Waals surface area contributed by atoms with Crippen molar-refractivity contribution in [2.45, 2.75) is 12.7 Å². The molecule has 3 rings (SSSR count). The molecule has 0 aliphatic rings. The molecule has 0 saturated carbocycles.